The van der Waals surface area contributed by atoms with Crippen LogP contribution in [0.5, 0.6) is 11.5 Å². The summed E-state index contributed by atoms with van der Waals surface area (Å²) in [5.74, 6) is -0.558. The maximum absolute atomic E-state index is 13.2. The fourth-order valence-electron chi connectivity index (χ4n) is 6.62. The van der Waals surface area contributed by atoms with Gasteiger partial charge in [0, 0.05) is 36.3 Å². The number of nitrogens with one attached hydrogen (secondary N) is 1. The first kappa shape index (κ1) is 53.0. The molecule has 2 aliphatic heterocycles. The molecule has 5 aromatic carbocycles. The van der Waals surface area contributed by atoms with Gasteiger partial charge >= 0.3 is 5.97 Å². The Labute approximate surface area is 388 Å². The molecule has 2 aliphatic rings. The van der Waals surface area contributed by atoms with Crippen molar-refractivity contribution < 1.29 is 43.2 Å². The third kappa shape index (κ3) is 12.7. The van der Waals surface area contributed by atoms with Gasteiger partial charge in [-0.25, -0.2) is 4.79 Å². The number of nitrogens with zero attached hydrogens (tertiary/aromatic N) is 3. The molecule has 0 fully saturated rings. The maximum Gasteiger partial charge on any atom is 0.329 e. The fourth-order valence-corrected chi connectivity index (χ4v) is 6.77. The van der Waals surface area contributed by atoms with E-state index >= 15 is 0 Å². The zero-order valence-corrected chi connectivity index (χ0v) is 38.3. The van der Waals surface area contributed by atoms with Crippen molar-refractivity contribution >= 4 is 96.7 Å². The SMILES string of the molecule is CC(=O)[C@@H]1Cc2ccccc2N1.COC(=O)[C@@H]1Cc2ccccc2N1C(=O)c1cc(C)c(C)cc1[N+](=O)[O-].COc1cc(C(=O)Cl)c([N+](=O)[O-])cc1OCc1ccccc1.Cl.S.S. The molecule has 1 amide bonds. The third-order valence-corrected chi connectivity index (χ3v) is 10.1. The number of nitro groups is 2. The van der Waals surface area contributed by atoms with E-state index in [4.69, 9.17) is 25.8 Å². The Morgan fingerprint density at radius 2 is 1.33 bits per heavy atom. The lowest BCUT2D eigenvalue weighted by Crippen LogP contribution is -2.43. The van der Waals surface area contributed by atoms with Crippen molar-refractivity contribution in [3.8, 4) is 11.5 Å². The Kier molecular flexibility index (Phi) is 20.1. The number of hydrogen-bond acceptors (Lipinski definition) is 12. The minimum absolute atomic E-state index is 0. The molecule has 0 aliphatic carbocycles. The normalized spacial score (nSPS) is 13.7. The van der Waals surface area contributed by atoms with E-state index in [-0.39, 0.29) is 86.1 Å². The molecule has 63 heavy (non-hydrogen) atoms. The van der Waals surface area contributed by atoms with Crippen LogP contribution in [0, 0.1) is 34.1 Å². The van der Waals surface area contributed by atoms with E-state index in [1.54, 1.807) is 32.9 Å². The molecule has 0 bridgehead atoms. The molecule has 5 aromatic rings. The summed E-state index contributed by atoms with van der Waals surface area (Å²) in [6, 6.07) is 28.9. The average molecular weight is 942 g/mol. The number of esters is 1. The number of carbonyl (C=O) groups is 4. The molecule has 19 heteroatoms. The highest BCUT2D eigenvalue weighted by molar-refractivity contribution is 7.59. The minimum atomic E-state index is -0.931. The number of ketones is 1. The van der Waals surface area contributed by atoms with Crippen LogP contribution in [0.2, 0.25) is 0 Å². The summed E-state index contributed by atoms with van der Waals surface area (Å²) in [5, 5.41) is 24.8. The Morgan fingerprint density at radius 3 is 1.90 bits per heavy atom. The number of aryl methyl sites for hydroxylation is 2. The summed E-state index contributed by atoms with van der Waals surface area (Å²) in [6.45, 7) is 5.37. The number of halogens is 2. The largest absolute Gasteiger partial charge is 0.493 e. The van der Waals surface area contributed by atoms with Crippen LogP contribution in [0.4, 0.5) is 22.7 Å². The van der Waals surface area contributed by atoms with Crippen molar-refractivity contribution in [2.45, 2.75) is 52.3 Å². The van der Waals surface area contributed by atoms with Gasteiger partial charge in [-0.05, 0) is 78.4 Å². The second kappa shape index (κ2) is 23.9. The van der Waals surface area contributed by atoms with E-state index in [0.717, 1.165) is 40.4 Å². The standard InChI is InChI=1S/C19H18N2O5.C15H12ClNO5.C10H11NO.ClH.2H2S/c1-11-8-14(16(21(24)25)9-12(11)2)18(22)20-15-7-5-4-6-13(15)10-17(20)19(23)26-3;1-21-13-7-11(15(16)18)12(17(19)20)8-14(13)22-9-10-5-3-2-4-6-10;1-7(12)10-6-8-4-2-3-5-9(8)11-10;;;/h4-9,17H,10H2,1-3H3;2-8H,9H2,1H3;2-5,10-11H,6H2,1H3;1H;2*1H2/t17-;;10-;;;/m0.0.../s1. The van der Waals surface area contributed by atoms with Crippen LogP contribution in [0.1, 0.15) is 55.5 Å². The van der Waals surface area contributed by atoms with Gasteiger partial charge in [0.25, 0.3) is 22.5 Å². The minimum Gasteiger partial charge on any atom is -0.493 e. The van der Waals surface area contributed by atoms with Crippen molar-refractivity contribution in [1.29, 1.82) is 0 Å². The van der Waals surface area contributed by atoms with Crippen LogP contribution < -0.4 is 19.7 Å². The predicted octanol–water partition coefficient (Wildman–Crippen LogP) is 8.78. The van der Waals surface area contributed by atoms with Gasteiger partial charge in [-0.2, -0.15) is 27.0 Å². The first-order chi connectivity index (χ1) is 28.6. The molecule has 15 nitrogen and oxygen atoms in total. The van der Waals surface area contributed by atoms with E-state index in [2.05, 4.69) is 11.4 Å². The van der Waals surface area contributed by atoms with E-state index < -0.39 is 38.7 Å². The van der Waals surface area contributed by atoms with Crippen molar-refractivity contribution in [2.75, 3.05) is 24.4 Å². The zero-order valence-electron chi connectivity index (χ0n) is 34.7. The molecule has 2 heterocycles. The van der Waals surface area contributed by atoms with Gasteiger partial charge < -0.3 is 19.5 Å². The highest BCUT2D eigenvalue weighted by Crippen LogP contribution is 2.37. The number of methoxy groups -OCH3 is 2. The van der Waals surface area contributed by atoms with Crippen LogP contribution in [0.15, 0.2) is 103 Å². The van der Waals surface area contributed by atoms with Gasteiger partial charge in [0.15, 0.2) is 17.3 Å². The number of nitro benzene ring substituents is 2. The Hall–Kier alpha value is -6.14. The second-order valence-corrected chi connectivity index (χ2v) is 14.1. The molecule has 7 rings (SSSR count). The van der Waals surface area contributed by atoms with Crippen LogP contribution in [0.25, 0.3) is 0 Å². The van der Waals surface area contributed by atoms with Gasteiger partial charge in [0.05, 0.1) is 36.2 Å². The number of hydrogen-bond donors (Lipinski definition) is 1. The number of rotatable bonds is 10. The number of carbonyl (C=O) groups excluding carboxylic acids is 4. The molecule has 334 valence electrons. The summed E-state index contributed by atoms with van der Waals surface area (Å²) in [5.41, 5.74) is 5.15. The van der Waals surface area contributed by atoms with Gasteiger partial charge in [-0.3, -0.25) is 39.5 Å². The average Bonchev–Trinajstić information content (AvgIpc) is 3.86. The lowest BCUT2D eigenvalue weighted by molar-refractivity contribution is -0.385. The molecular weight excluding hydrogens is 896 g/mol. The molecule has 0 unspecified atom stereocenters. The predicted molar refractivity (Wildman–Crippen MR) is 252 cm³/mol. The van der Waals surface area contributed by atoms with Crippen molar-refractivity contribution in [1.82, 2.24) is 0 Å². The summed E-state index contributed by atoms with van der Waals surface area (Å²) < 4.78 is 15.5. The lowest BCUT2D eigenvalue weighted by atomic mass is 10.0. The highest BCUT2D eigenvalue weighted by Gasteiger charge is 2.41. The van der Waals surface area contributed by atoms with Crippen molar-refractivity contribution in [2.24, 2.45) is 0 Å². The summed E-state index contributed by atoms with van der Waals surface area (Å²) >= 11 is 5.37. The number of amides is 1. The Morgan fingerprint density at radius 1 is 0.762 bits per heavy atom. The second-order valence-electron chi connectivity index (χ2n) is 13.8. The van der Waals surface area contributed by atoms with Gasteiger partial charge in [0.2, 0.25) is 0 Å². The molecule has 0 radical (unpaired) electrons. The van der Waals surface area contributed by atoms with Crippen LogP contribution in [-0.2, 0) is 33.8 Å². The summed E-state index contributed by atoms with van der Waals surface area (Å²) in [4.78, 5) is 70.4. The quantitative estimate of drug-likeness (QED) is 0.0606. The summed E-state index contributed by atoms with van der Waals surface area (Å²) in [7, 11) is 2.63. The molecule has 0 saturated heterocycles. The summed E-state index contributed by atoms with van der Waals surface area (Å²) in [6.07, 6.45) is 1.15. The van der Waals surface area contributed by atoms with E-state index in [1.807, 2.05) is 60.7 Å². The molecular formula is C44H46Cl2N4O11S2. The fraction of sp³-hybridized carbons (Fsp3) is 0.227. The molecule has 0 spiro atoms. The maximum atomic E-state index is 13.2. The number of fused-ring (bicyclic) bond motifs is 2. The molecule has 2 atom stereocenters. The van der Waals surface area contributed by atoms with Gasteiger partial charge in [-0.1, -0.05) is 66.7 Å². The number of Topliss-reactive ketones (excluding diaryl/α,β-unsaturated/α-hetero) is 1. The lowest BCUT2D eigenvalue weighted by Gasteiger charge is -2.24. The van der Waals surface area contributed by atoms with Gasteiger partial charge in [0.1, 0.15) is 23.8 Å². The smallest absolute Gasteiger partial charge is 0.329 e. The van der Waals surface area contributed by atoms with Crippen LogP contribution in [0.3, 0.4) is 0 Å². The van der Waals surface area contributed by atoms with Crippen LogP contribution >= 0.6 is 51.0 Å². The number of ether oxygens (including phenoxy) is 3. The monoisotopic (exact) mass is 940 g/mol. The van der Waals surface area contributed by atoms with E-state index in [9.17, 15) is 39.4 Å². The zero-order chi connectivity index (χ0) is 43.7. The first-order valence-corrected chi connectivity index (χ1v) is 18.9. The first-order valence-electron chi connectivity index (χ1n) is 18.5. The van der Waals surface area contributed by atoms with Gasteiger partial charge in [-0.15, -0.1) is 12.4 Å². The number of benzene rings is 5. The Balaban J connectivity index is 0.000000335. The molecule has 0 saturated carbocycles. The third-order valence-electron chi connectivity index (χ3n) is 9.90. The Bertz CT molecular complexity index is 2450. The molecule has 0 aromatic heterocycles. The van der Waals surface area contributed by atoms with E-state index in [0.29, 0.717) is 12.1 Å². The number of para-hydroxylation sites is 2. The van der Waals surface area contributed by atoms with Crippen molar-refractivity contribution in [3.05, 3.63) is 162 Å². The number of anilines is 2. The molecule has 1 N–H and O–H groups in total. The van der Waals surface area contributed by atoms with Crippen molar-refractivity contribution in [3.63, 3.8) is 0 Å². The highest BCUT2D eigenvalue weighted by atomic mass is 35.5. The van der Waals surface area contributed by atoms with E-state index in [1.165, 1.54) is 42.9 Å². The topological polar surface area (TPSA) is 198 Å². The van der Waals surface area contributed by atoms with Crippen LogP contribution in [-0.4, -0.2) is 59.1 Å².